The molecule has 0 N–H and O–H groups in total. The van der Waals surface area contributed by atoms with Gasteiger partial charge in [-0.25, -0.2) is 0 Å². The van der Waals surface area contributed by atoms with Gasteiger partial charge in [0.1, 0.15) is 0 Å². The molecule has 0 aromatic carbocycles. The smallest absolute Gasteiger partial charge is 0.307 e. The molecule has 0 bridgehead atoms. The molecule has 0 rings (SSSR count). The zero-order valence-corrected chi connectivity index (χ0v) is 13.1. The Balaban J connectivity index is 3.31. The highest BCUT2D eigenvalue weighted by Gasteiger charge is 2.10. The summed E-state index contributed by atoms with van der Waals surface area (Å²) < 4.78 is 5.13. The lowest BCUT2D eigenvalue weighted by molar-refractivity contribution is -0.145. The molecular formula is C16H29ClO2. The van der Waals surface area contributed by atoms with E-state index >= 15 is 0 Å². The van der Waals surface area contributed by atoms with E-state index in [1.807, 2.05) is 6.08 Å². The van der Waals surface area contributed by atoms with Gasteiger partial charge in [0.05, 0.1) is 0 Å². The van der Waals surface area contributed by atoms with E-state index in [0.29, 0.717) is 6.42 Å². The molecule has 0 aliphatic heterocycles. The molecule has 0 aromatic heterocycles. The van der Waals surface area contributed by atoms with Gasteiger partial charge in [-0.1, -0.05) is 56.7 Å². The summed E-state index contributed by atoms with van der Waals surface area (Å²) in [4.78, 5) is 11.5. The summed E-state index contributed by atoms with van der Waals surface area (Å²) >= 11 is 5.91. The molecule has 0 saturated carbocycles. The Kier molecular flexibility index (Phi) is 13.6. The number of hydrogen-bond donors (Lipinski definition) is 0. The first-order valence-corrected chi connectivity index (χ1v) is 8.08. The van der Waals surface area contributed by atoms with Gasteiger partial charge >= 0.3 is 5.97 Å². The number of esters is 1. The Morgan fingerprint density at radius 1 is 1.16 bits per heavy atom. The van der Waals surface area contributed by atoms with Crippen LogP contribution >= 0.6 is 11.6 Å². The van der Waals surface area contributed by atoms with E-state index < -0.39 is 5.56 Å². The largest absolute Gasteiger partial charge is 0.446 e. The van der Waals surface area contributed by atoms with Crippen molar-refractivity contribution in [3.63, 3.8) is 0 Å². The number of rotatable bonds is 13. The highest BCUT2D eigenvalue weighted by atomic mass is 35.5. The highest BCUT2D eigenvalue weighted by molar-refractivity contribution is 6.20. The minimum absolute atomic E-state index is 0.150. The molecule has 1 unspecified atom stereocenters. The maximum atomic E-state index is 11.5. The normalized spacial score (nSPS) is 12.1. The third-order valence-electron chi connectivity index (χ3n) is 3.08. The number of carbonyl (C=O) groups is 1. The van der Waals surface area contributed by atoms with Gasteiger partial charge in [-0.2, -0.15) is 0 Å². The van der Waals surface area contributed by atoms with E-state index in [2.05, 4.69) is 13.5 Å². The summed E-state index contributed by atoms with van der Waals surface area (Å²) in [5.74, 6) is -0.150. The lowest BCUT2D eigenvalue weighted by Gasteiger charge is -2.10. The van der Waals surface area contributed by atoms with E-state index in [4.69, 9.17) is 16.3 Å². The van der Waals surface area contributed by atoms with Crippen LogP contribution in [0.15, 0.2) is 12.7 Å². The van der Waals surface area contributed by atoms with Crippen molar-refractivity contribution in [2.24, 2.45) is 0 Å². The van der Waals surface area contributed by atoms with E-state index in [-0.39, 0.29) is 5.97 Å². The molecular weight excluding hydrogens is 260 g/mol. The molecule has 112 valence electrons. The van der Waals surface area contributed by atoms with Gasteiger partial charge in [0.25, 0.3) is 0 Å². The number of allylic oxidation sites excluding steroid dienone is 1. The minimum Gasteiger partial charge on any atom is -0.446 e. The number of alkyl halides is 1. The Bertz CT molecular complexity index is 229. The van der Waals surface area contributed by atoms with Crippen LogP contribution in [0.4, 0.5) is 0 Å². The Hall–Kier alpha value is -0.500. The predicted octanol–water partition coefficient (Wildman–Crippen LogP) is 5.59. The standard InChI is InChI=1S/C16H29ClO2/c1-3-5-7-8-9-10-11-12-14-16(18)19-15(17)13-6-4-2/h3,15H,1,4-14H2,2H3. The van der Waals surface area contributed by atoms with Crippen molar-refractivity contribution < 1.29 is 9.53 Å². The lowest BCUT2D eigenvalue weighted by Crippen LogP contribution is -2.12. The molecule has 0 heterocycles. The zero-order chi connectivity index (χ0) is 14.3. The molecule has 0 amide bonds. The number of hydrogen-bond acceptors (Lipinski definition) is 2. The quantitative estimate of drug-likeness (QED) is 0.191. The Morgan fingerprint density at radius 3 is 2.42 bits per heavy atom. The maximum absolute atomic E-state index is 11.5. The number of halogens is 1. The fourth-order valence-electron chi connectivity index (χ4n) is 1.89. The summed E-state index contributed by atoms with van der Waals surface area (Å²) in [6.45, 7) is 5.80. The van der Waals surface area contributed by atoms with Crippen LogP contribution in [0.3, 0.4) is 0 Å². The van der Waals surface area contributed by atoms with Crippen LogP contribution in [0, 0.1) is 0 Å². The van der Waals surface area contributed by atoms with Crippen LogP contribution in [0.2, 0.25) is 0 Å². The topological polar surface area (TPSA) is 26.3 Å². The molecule has 19 heavy (non-hydrogen) atoms. The van der Waals surface area contributed by atoms with E-state index in [1.54, 1.807) is 0 Å². The molecule has 0 fully saturated rings. The fourth-order valence-corrected chi connectivity index (χ4v) is 2.14. The minimum atomic E-state index is -0.439. The first-order valence-electron chi connectivity index (χ1n) is 7.65. The monoisotopic (exact) mass is 288 g/mol. The van der Waals surface area contributed by atoms with Crippen molar-refractivity contribution in [1.82, 2.24) is 0 Å². The van der Waals surface area contributed by atoms with Crippen LogP contribution in [-0.2, 0) is 9.53 Å². The Morgan fingerprint density at radius 2 is 1.79 bits per heavy atom. The zero-order valence-electron chi connectivity index (χ0n) is 12.3. The van der Waals surface area contributed by atoms with Crippen molar-refractivity contribution >= 4 is 17.6 Å². The van der Waals surface area contributed by atoms with Gasteiger partial charge in [-0.3, -0.25) is 4.79 Å². The summed E-state index contributed by atoms with van der Waals surface area (Å²) in [5, 5.41) is 0. The van der Waals surface area contributed by atoms with Gasteiger partial charge in [0, 0.05) is 6.42 Å². The van der Waals surface area contributed by atoms with Crippen molar-refractivity contribution in [1.29, 1.82) is 0 Å². The molecule has 2 nitrogen and oxygen atoms in total. The molecule has 3 heteroatoms. The highest BCUT2D eigenvalue weighted by Crippen LogP contribution is 2.12. The molecule has 0 aliphatic rings. The number of ether oxygens (including phenoxy) is 1. The van der Waals surface area contributed by atoms with Crippen LogP contribution in [0.1, 0.15) is 77.6 Å². The summed E-state index contributed by atoms with van der Waals surface area (Å²) in [7, 11) is 0. The van der Waals surface area contributed by atoms with Crippen LogP contribution < -0.4 is 0 Å². The second-order valence-corrected chi connectivity index (χ2v) is 5.48. The van der Waals surface area contributed by atoms with E-state index in [9.17, 15) is 4.79 Å². The SMILES string of the molecule is C=CCCCCCCCCC(=O)OC(Cl)CCCC. The second kappa shape index (κ2) is 13.9. The lowest BCUT2D eigenvalue weighted by atomic mass is 10.1. The van der Waals surface area contributed by atoms with Crippen LogP contribution in [-0.4, -0.2) is 11.5 Å². The number of unbranched alkanes of at least 4 members (excludes halogenated alkanes) is 7. The maximum Gasteiger partial charge on any atom is 0.307 e. The average molecular weight is 289 g/mol. The van der Waals surface area contributed by atoms with Gasteiger partial charge < -0.3 is 4.74 Å². The molecule has 0 aromatic rings. The average Bonchev–Trinajstić information content (AvgIpc) is 2.39. The van der Waals surface area contributed by atoms with Crippen molar-refractivity contribution in [3.05, 3.63) is 12.7 Å². The van der Waals surface area contributed by atoms with E-state index in [1.165, 1.54) is 25.7 Å². The number of carbonyl (C=O) groups excluding carboxylic acids is 1. The second-order valence-electron chi connectivity index (χ2n) is 4.99. The predicted molar refractivity (Wildman–Crippen MR) is 82.4 cm³/mol. The third kappa shape index (κ3) is 13.7. The molecule has 0 radical (unpaired) electrons. The molecule has 0 spiro atoms. The third-order valence-corrected chi connectivity index (χ3v) is 3.39. The van der Waals surface area contributed by atoms with Crippen LogP contribution in [0.25, 0.3) is 0 Å². The first kappa shape index (κ1) is 18.5. The summed E-state index contributed by atoms with van der Waals surface area (Å²) in [6, 6.07) is 0. The van der Waals surface area contributed by atoms with Crippen molar-refractivity contribution in [3.8, 4) is 0 Å². The fraction of sp³-hybridized carbons (Fsp3) is 0.812. The molecule has 1 atom stereocenters. The van der Waals surface area contributed by atoms with Crippen LogP contribution in [0.5, 0.6) is 0 Å². The first-order chi connectivity index (χ1) is 9.20. The van der Waals surface area contributed by atoms with E-state index in [0.717, 1.165) is 38.5 Å². The Labute approximate surface area is 123 Å². The van der Waals surface area contributed by atoms with Gasteiger partial charge in [-0.05, 0) is 32.1 Å². The summed E-state index contributed by atoms with van der Waals surface area (Å²) in [5.41, 5.74) is -0.439. The van der Waals surface area contributed by atoms with Crippen molar-refractivity contribution in [2.45, 2.75) is 83.1 Å². The summed E-state index contributed by atoms with van der Waals surface area (Å²) in [6.07, 6.45) is 13.4. The molecule has 0 aliphatic carbocycles. The van der Waals surface area contributed by atoms with Crippen molar-refractivity contribution in [2.75, 3.05) is 0 Å². The van der Waals surface area contributed by atoms with Gasteiger partial charge in [-0.15, -0.1) is 6.58 Å². The van der Waals surface area contributed by atoms with Gasteiger partial charge in [0.15, 0.2) is 5.56 Å². The molecule has 0 saturated heterocycles. The van der Waals surface area contributed by atoms with Gasteiger partial charge in [0.2, 0.25) is 0 Å².